The van der Waals surface area contributed by atoms with E-state index in [1.54, 1.807) is 12.1 Å². The molecule has 0 aliphatic heterocycles. The molecule has 0 aliphatic carbocycles. The van der Waals surface area contributed by atoms with E-state index in [0.717, 1.165) is 5.39 Å². The third kappa shape index (κ3) is 2.45. The summed E-state index contributed by atoms with van der Waals surface area (Å²) in [6.07, 6.45) is 1.53. The quantitative estimate of drug-likeness (QED) is 0.782. The van der Waals surface area contributed by atoms with Crippen molar-refractivity contribution in [1.82, 2.24) is 4.98 Å². The van der Waals surface area contributed by atoms with Crippen LogP contribution in [-0.2, 0) is 0 Å². The number of rotatable bonds is 2. The van der Waals surface area contributed by atoms with Crippen LogP contribution in [0.25, 0.3) is 21.9 Å². The maximum Gasteiger partial charge on any atom is 0.267 e. The molecule has 0 aliphatic rings. The first-order valence-corrected chi connectivity index (χ1v) is 6.58. The van der Waals surface area contributed by atoms with Crippen molar-refractivity contribution in [2.75, 3.05) is 0 Å². The van der Waals surface area contributed by atoms with Crippen molar-refractivity contribution in [3.63, 3.8) is 0 Å². The van der Waals surface area contributed by atoms with Crippen molar-refractivity contribution in [3.8, 4) is 11.1 Å². The second-order valence-electron chi connectivity index (χ2n) is 4.58. The summed E-state index contributed by atoms with van der Waals surface area (Å²) in [6, 6.07) is 11.3. The number of aromatic nitrogens is 1. The number of carbonyl (C=O) groups is 1. The summed E-state index contributed by atoms with van der Waals surface area (Å²) in [5, 5.41) is 1.87. The van der Waals surface area contributed by atoms with Crippen molar-refractivity contribution < 1.29 is 9.18 Å². The van der Waals surface area contributed by atoms with E-state index in [9.17, 15) is 9.18 Å². The molecule has 0 saturated carbocycles. The molecule has 0 bridgehead atoms. The van der Waals surface area contributed by atoms with Crippen LogP contribution < -0.4 is 5.73 Å². The zero-order valence-corrected chi connectivity index (χ0v) is 11.6. The highest BCUT2D eigenvalue weighted by Crippen LogP contribution is 2.31. The number of fused-ring (bicyclic) bond motifs is 1. The van der Waals surface area contributed by atoms with Gasteiger partial charge in [0.15, 0.2) is 0 Å². The summed E-state index contributed by atoms with van der Waals surface area (Å²) >= 11 is 6.11. The standard InChI is InChI=1S/C16H10ClFN2O/c17-14-4-3-11(18)8-12(14)10-2-1-9-5-6-20-15(16(19)21)13(9)7-10/h1-8H,(H2,19,21). The minimum atomic E-state index is -0.608. The van der Waals surface area contributed by atoms with Gasteiger partial charge in [0.2, 0.25) is 0 Å². The molecule has 5 heteroatoms. The molecule has 2 N–H and O–H groups in total. The van der Waals surface area contributed by atoms with E-state index in [4.69, 9.17) is 17.3 Å². The van der Waals surface area contributed by atoms with Gasteiger partial charge in [0.1, 0.15) is 11.5 Å². The van der Waals surface area contributed by atoms with Crippen LogP contribution in [-0.4, -0.2) is 10.9 Å². The SMILES string of the molecule is NC(=O)c1nccc2ccc(-c3cc(F)ccc3Cl)cc12. The van der Waals surface area contributed by atoms with E-state index < -0.39 is 5.91 Å². The summed E-state index contributed by atoms with van der Waals surface area (Å²) in [7, 11) is 0. The van der Waals surface area contributed by atoms with Crippen LogP contribution in [0.15, 0.2) is 48.7 Å². The van der Waals surface area contributed by atoms with E-state index in [2.05, 4.69) is 4.98 Å². The molecule has 21 heavy (non-hydrogen) atoms. The third-order valence-electron chi connectivity index (χ3n) is 3.24. The van der Waals surface area contributed by atoms with Gasteiger partial charge in [0.25, 0.3) is 5.91 Å². The van der Waals surface area contributed by atoms with Gasteiger partial charge in [-0.1, -0.05) is 23.7 Å². The van der Waals surface area contributed by atoms with Crippen LogP contribution in [0.5, 0.6) is 0 Å². The van der Waals surface area contributed by atoms with Gasteiger partial charge in [0, 0.05) is 22.2 Å². The van der Waals surface area contributed by atoms with Gasteiger partial charge in [-0.2, -0.15) is 0 Å². The Kier molecular flexibility index (Phi) is 3.31. The highest BCUT2D eigenvalue weighted by Gasteiger charge is 2.11. The number of benzene rings is 2. The van der Waals surface area contributed by atoms with Crippen molar-refractivity contribution in [3.05, 3.63) is 65.2 Å². The minimum Gasteiger partial charge on any atom is -0.364 e. The van der Waals surface area contributed by atoms with Gasteiger partial charge in [-0.25, -0.2) is 4.39 Å². The van der Waals surface area contributed by atoms with E-state index >= 15 is 0 Å². The Morgan fingerprint density at radius 1 is 1.14 bits per heavy atom. The summed E-state index contributed by atoms with van der Waals surface area (Å²) in [5.74, 6) is -0.987. The summed E-state index contributed by atoms with van der Waals surface area (Å²) < 4.78 is 13.4. The lowest BCUT2D eigenvalue weighted by Gasteiger charge is -2.08. The monoisotopic (exact) mass is 300 g/mol. The van der Waals surface area contributed by atoms with Gasteiger partial charge in [-0.05, 0) is 41.3 Å². The van der Waals surface area contributed by atoms with Crippen molar-refractivity contribution >= 4 is 28.3 Å². The lowest BCUT2D eigenvalue weighted by molar-refractivity contribution is 0.0997. The predicted molar refractivity (Wildman–Crippen MR) is 80.7 cm³/mol. The normalized spacial score (nSPS) is 10.8. The number of hydrogen-bond acceptors (Lipinski definition) is 2. The average molecular weight is 301 g/mol. The number of hydrogen-bond donors (Lipinski definition) is 1. The summed E-state index contributed by atoms with van der Waals surface area (Å²) in [6.45, 7) is 0. The van der Waals surface area contributed by atoms with Crippen molar-refractivity contribution in [2.45, 2.75) is 0 Å². The molecule has 1 heterocycles. The lowest BCUT2D eigenvalue weighted by atomic mass is 10.0. The first kappa shape index (κ1) is 13.5. The van der Waals surface area contributed by atoms with Crippen molar-refractivity contribution in [2.24, 2.45) is 5.73 Å². The number of nitrogens with zero attached hydrogens (tertiary/aromatic N) is 1. The molecule has 0 fully saturated rings. The maximum absolute atomic E-state index is 13.4. The number of carbonyl (C=O) groups excluding carboxylic acids is 1. The zero-order chi connectivity index (χ0) is 15.0. The molecule has 0 atom stereocenters. The van der Waals surface area contributed by atoms with E-state index in [1.807, 2.05) is 12.1 Å². The second-order valence-corrected chi connectivity index (χ2v) is 4.99. The fraction of sp³-hybridized carbons (Fsp3) is 0. The molecule has 0 unspecified atom stereocenters. The van der Waals surface area contributed by atoms with Gasteiger partial charge in [-0.3, -0.25) is 9.78 Å². The number of nitrogens with two attached hydrogens (primary N) is 1. The van der Waals surface area contributed by atoms with Crippen LogP contribution in [0.3, 0.4) is 0 Å². The highest BCUT2D eigenvalue weighted by molar-refractivity contribution is 6.33. The van der Waals surface area contributed by atoms with Gasteiger partial charge < -0.3 is 5.73 Å². The van der Waals surface area contributed by atoms with Gasteiger partial charge in [0.05, 0.1) is 0 Å². The van der Waals surface area contributed by atoms with E-state index in [-0.39, 0.29) is 11.5 Å². The topological polar surface area (TPSA) is 56.0 Å². The van der Waals surface area contributed by atoms with Crippen LogP contribution in [0.4, 0.5) is 4.39 Å². The molecule has 1 amide bonds. The number of primary amides is 1. The Bertz CT molecular complexity index is 864. The predicted octanol–water partition coefficient (Wildman–Crippen LogP) is 3.79. The summed E-state index contributed by atoms with van der Waals surface area (Å²) in [5.41, 5.74) is 6.77. The fourth-order valence-electron chi connectivity index (χ4n) is 2.25. The van der Waals surface area contributed by atoms with Crippen molar-refractivity contribution in [1.29, 1.82) is 0 Å². The highest BCUT2D eigenvalue weighted by atomic mass is 35.5. The molecule has 1 aromatic heterocycles. The summed E-state index contributed by atoms with van der Waals surface area (Å²) in [4.78, 5) is 15.5. The molecule has 3 aromatic rings. The lowest BCUT2D eigenvalue weighted by Crippen LogP contribution is -2.13. The molecule has 2 aromatic carbocycles. The Morgan fingerprint density at radius 2 is 1.95 bits per heavy atom. The molecule has 3 nitrogen and oxygen atoms in total. The second kappa shape index (κ2) is 5.14. The Balaban J connectivity index is 2.28. The Hall–Kier alpha value is -2.46. The third-order valence-corrected chi connectivity index (χ3v) is 3.57. The molecule has 3 rings (SSSR count). The number of halogens is 2. The molecule has 0 spiro atoms. The first-order chi connectivity index (χ1) is 10.1. The smallest absolute Gasteiger partial charge is 0.267 e. The van der Waals surface area contributed by atoms with Crippen LogP contribution in [0, 0.1) is 5.82 Å². The van der Waals surface area contributed by atoms with Crippen LogP contribution in [0.1, 0.15) is 10.5 Å². The first-order valence-electron chi connectivity index (χ1n) is 6.20. The van der Waals surface area contributed by atoms with E-state index in [0.29, 0.717) is 21.5 Å². The Labute approximate surface area is 125 Å². The zero-order valence-electron chi connectivity index (χ0n) is 10.8. The van der Waals surface area contributed by atoms with Crippen LogP contribution in [0.2, 0.25) is 5.02 Å². The van der Waals surface area contributed by atoms with Gasteiger partial charge in [-0.15, -0.1) is 0 Å². The van der Waals surface area contributed by atoms with Crippen LogP contribution >= 0.6 is 11.6 Å². The molecule has 0 radical (unpaired) electrons. The number of pyridine rings is 1. The largest absolute Gasteiger partial charge is 0.364 e. The van der Waals surface area contributed by atoms with E-state index in [1.165, 1.54) is 24.4 Å². The molecule has 0 saturated heterocycles. The average Bonchev–Trinajstić information content (AvgIpc) is 2.48. The van der Waals surface area contributed by atoms with Gasteiger partial charge >= 0.3 is 0 Å². The molecular weight excluding hydrogens is 291 g/mol. The molecular formula is C16H10ClFN2O. The fourth-order valence-corrected chi connectivity index (χ4v) is 2.48. The minimum absolute atomic E-state index is 0.182. The number of amides is 1. The molecule has 104 valence electrons. The Morgan fingerprint density at radius 3 is 2.71 bits per heavy atom. The maximum atomic E-state index is 13.4.